The first-order valence-electron chi connectivity index (χ1n) is 7.24. The van der Waals surface area contributed by atoms with E-state index in [1.54, 1.807) is 18.2 Å². The van der Waals surface area contributed by atoms with Gasteiger partial charge in [-0.1, -0.05) is 11.6 Å². The molecule has 0 saturated carbocycles. The minimum absolute atomic E-state index is 0.0649. The van der Waals surface area contributed by atoms with E-state index in [2.05, 4.69) is 10.6 Å². The molecule has 0 spiro atoms. The van der Waals surface area contributed by atoms with Gasteiger partial charge >= 0.3 is 0 Å². The van der Waals surface area contributed by atoms with Gasteiger partial charge in [-0.05, 0) is 37.6 Å². The monoisotopic (exact) mass is 340 g/mol. The summed E-state index contributed by atoms with van der Waals surface area (Å²) in [7, 11) is 1.51. The standard InChI is InChI=1S/C16H21ClN2O4/c1-4-18-15(21)10-19-14(20)7-6-11-8-12(17)16(22-3)13(9-11)23-5-2/h6-9H,4-5,10H2,1-3H3,(H,18,21)(H,19,20)/b7-6+. The Kier molecular flexibility index (Phi) is 7.97. The molecule has 7 heteroatoms. The molecule has 0 aliphatic heterocycles. The quantitative estimate of drug-likeness (QED) is 0.710. The summed E-state index contributed by atoms with van der Waals surface area (Å²) in [5.41, 5.74) is 0.687. The highest BCUT2D eigenvalue weighted by Gasteiger charge is 2.10. The van der Waals surface area contributed by atoms with Crippen LogP contribution in [0.25, 0.3) is 6.08 Å². The normalized spacial score (nSPS) is 10.4. The van der Waals surface area contributed by atoms with E-state index in [4.69, 9.17) is 21.1 Å². The van der Waals surface area contributed by atoms with E-state index in [1.165, 1.54) is 13.2 Å². The van der Waals surface area contributed by atoms with E-state index in [1.807, 2.05) is 13.8 Å². The van der Waals surface area contributed by atoms with Gasteiger partial charge in [0.25, 0.3) is 0 Å². The Morgan fingerprint density at radius 2 is 2.00 bits per heavy atom. The molecule has 0 aliphatic carbocycles. The number of likely N-dealkylation sites (N-methyl/N-ethyl adjacent to an activating group) is 1. The maximum Gasteiger partial charge on any atom is 0.244 e. The summed E-state index contributed by atoms with van der Waals surface area (Å²) in [4.78, 5) is 22.9. The molecular weight excluding hydrogens is 320 g/mol. The van der Waals surface area contributed by atoms with Crippen molar-refractivity contribution >= 4 is 29.5 Å². The molecule has 0 aliphatic rings. The van der Waals surface area contributed by atoms with E-state index >= 15 is 0 Å². The summed E-state index contributed by atoms with van der Waals surface area (Å²) in [6.45, 7) is 4.58. The van der Waals surface area contributed by atoms with Gasteiger partial charge in [-0.2, -0.15) is 0 Å². The van der Waals surface area contributed by atoms with Crippen LogP contribution in [-0.2, 0) is 9.59 Å². The fourth-order valence-electron chi connectivity index (χ4n) is 1.80. The molecule has 0 atom stereocenters. The zero-order valence-electron chi connectivity index (χ0n) is 13.4. The van der Waals surface area contributed by atoms with Gasteiger partial charge in [0.15, 0.2) is 11.5 Å². The highest BCUT2D eigenvalue weighted by atomic mass is 35.5. The second-order valence-electron chi connectivity index (χ2n) is 4.47. The van der Waals surface area contributed by atoms with Gasteiger partial charge in [-0.3, -0.25) is 9.59 Å². The lowest BCUT2D eigenvalue weighted by Gasteiger charge is -2.11. The number of ether oxygens (including phenoxy) is 2. The molecule has 1 aromatic carbocycles. The number of nitrogens with one attached hydrogen (secondary N) is 2. The summed E-state index contributed by atoms with van der Waals surface area (Å²) >= 11 is 6.13. The van der Waals surface area contributed by atoms with Gasteiger partial charge in [-0.15, -0.1) is 0 Å². The van der Waals surface area contributed by atoms with Crippen molar-refractivity contribution in [3.05, 3.63) is 28.8 Å². The third kappa shape index (κ3) is 6.20. The third-order valence-electron chi connectivity index (χ3n) is 2.76. The summed E-state index contributed by atoms with van der Waals surface area (Å²) in [5.74, 6) is 0.345. The van der Waals surface area contributed by atoms with Crippen molar-refractivity contribution in [3.8, 4) is 11.5 Å². The molecule has 0 fully saturated rings. The van der Waals surface area contributed by atoms with E-state index < -0.39 is 0 Å². The fraction of sp³-hybridized carbons (Fsp3) is 0.375. The number of methoxy groups -OCH3 is 1. The van der Waals surface area contributed by atoms with E-state index in [9.17, 15) is 9.59 Å². The second kappa shape index (κ2) is 9.74. The van der Waals surface area contributed by atoms with Crippen molar-refractivity contribution in [2.45, 2.75) is 13.8 Å². The maximum atomic E-state index is 11.7. The van der Waals surface area contributed by atoms with Gasteiger partial charge < -0.3 is 20.1 Å². The highest BCUT2D eigenvalue weighted by molar-refractivity contribution is 6.32. The van der Waals surface area contributed by atoms with Gasteiger partial charge in [0.2, 0.25) is 11.8 Å². The topological polar surface area (TPSA) is 76.7 Å². The molecule has 1 aromatic rings. The Bertz CT molecular complexity index is 588. The van der Waals surface area contributed by atoms with Gasteiger partial charge in [0.05, 0.1) is 25.3 Å². The van der Waals surface area contributed by atoms with Gasteiger partial charge in [0.1, 0.15) is 0 Å². The highest BCUT2D eigenvalue weighted by Crippen LogP contribution is 2.36. The summed E-state index contributed by atoms with van der Waals surface area (Å²) in [6.07, 6.45) is 2.91. The summed E-state index contributed by atoms with van der Waals surface area (Å²) in [6, 6.07) is 3.39. The minimum Gasteiger partial charge on any atom is -0.491 e. The van der Waals surface area contributed by atoms with Crippen molar-refractivity contribution in [1.82, 2.24) is 10.6 Å². The number of amides is 2. The van der Waals surface area contributed by atoms with Crippen LogP contribution >= 0.6 is 11.6 Å². The molecule has 2 amide bonds. The van der Waals surface area contributed by atoms with Crippen LogP contribution in [0.15, 0.2) is 18.2 Å². The maximum absolute atomic E-state index is 11.7. The second-order valence-corrected chi connectivity index (χ2v) is 4.88. The molecule has 6 nitrogen and oxygen atoms in total. The number of rotatable bonds is 8. The van der Waals surface area contributed by atoms with E-state index in [0.717, 1.165) is 0 Å². The molecule has 2 N–H and O–H groups in total. The first-order chi connectivity index (χ1) is 11.0. The zero-order valence-corrected chi connectivity index (χ0v) is 14.2. The first-order valence-corrected chi connectivity index (χ1v) is 7.62. The molecule has 23 heavy (non-hydrogen) atoms. The van der Waals surface area contributed by atoms with Crippen molar-refractivity contribution in [2.75, 3.05) is 26.8 Å². The third-order valence-corrected chi connectivity index (χ3v) is 3.04. The Hall–Kier alpha value is -2.21. The van der Waals surface area contributed by atoms with Gasteiger partial charge in [-0.25, -0.2) is 0 Å². The molecule has 0 heterocycles. The molecule has 1 rings (SSSR count). The predicted octanol–water partition coefficient (Wildman–Crippen LogP) is 2.01. The van der Waals surface area contributed by atoms with Crippen LogP contribution in [0.3, 0.4) is 0 Å². The Balaban J connectivity index is 2.75. The number of hydrogen-bond donors (Lipinski definition) is 2. The number of carbonyl (C=O) groups is 2. The molecule has 0 radical (unpaired) electrons. The summed E-state index contributed by atoms with van der Waals surface area (Å²) < 4.78 is 10.7. The largest absolute Gasteiger partial charge is 0.491 e. The van der Waals surface area contributed by atoms with Crippen LogP contribution in [0.4, 0.5) is 0 Å². The van der Waals surface area contributed by atoms with E-state index in [0.29, 0.717) is 35.2 Å². The fourth-order valence-corrected chi connectivity index (χ4v) is 2.10. The SMILES string of the molecule is CCNC(=O)CNC(=O)/C=C/c1cc(Cl)c(OC)c(OCC)c1. The van der Waals surface area contributed by atoms with Gasteiger partial charge in [0, 0.05) is 12.6 Å². The lowest BCUT2D eigenvalue weighted by Crippen LogP contribution is -2.35. The average Bonchev–Trinajstić information content (AvgIpc) is 2.51. The average molecular weight is 341 g/mol. The van der Waals surface area contributed by atoms with Crippen molar-refractivity contribution < 1.29 is 19.1 Å². The lowest BCUT2D eigenvalue weighted by atomic mass is 10.2. The lowest BCUT2D eigenvalue weighted by molar-refractivity contribution is -0.123. The Labute approximate surface area is 140 Å². The minimum atomic E-state index is -0.374. The van der Waals surface area contributed by atoms with Crippen LogP contribution in [-0.4, -0.2) is 38.6 Å². The van der Waals surface area contributed by atoms with Crippen LogP contribution in [0.1, 0.15) is 19.4 Å². The van der Waals surface area contributed by atoms with Crippen molar-refractivity contribution in [1.29, 1.82) is 0 Å². The number of benzene rings is 1. The first kappa shape index (κ1) is 18.8. The zero-order chi connectivity index (χ0) is 17.2. The van der Waals surface area contributed by atoms with Crippen LogP contribution in [0.2, 0.25) is 5.02 Å². The van der Waals surface area contributed by atoms with E-state index in [-0.39, 0.29) is 18.4 Å². The van der Waals surface area contributed by atoms with Crippen LogP contribution < -0.4 is 20.1 Å². The van der Waals surface area contributed by atoms with Crippen molar-refractivity contribution in [3.63, 3.8) is 0 Å². The van der Waals surface area contributed by atoms with Crippen molar-refractivity contribution in [2.24, 2.45) is 0 Å². The Morgan fingerprint density at radius 3 is 2.61 bits per heavy atom. The molecule has 126 valence electrons. The molecule has 0 unspecified atom stereocenters. The molecule has 0 aromatic heterocycles. The number of halogens is 1. The molecular formula is C16H21ClN2O4. The smallest absolute Gasteiger partial charge is 0.244 e. The van der Waals surface area contributed by atoms with Crippen LogP contribution in [0.5, 0.6) is 11.5 Å². The number of hydrogen-bond acceptors (Lipinski definition) is 4. The summed E-state index contributed by atoms with van der Waals surface area (Å²) in [5, 5.41) is 5.47. The predicted molar refractivity (Wildman–Crippen MR) is 89.9 cm³/mol. The number of carbonyl (C=O) groups excluding carboxylic acids is 2. The van der Waals surface area contributed by atoms with Crippen LogP contribution in [0, 0.1) is 0 Å². The Morgan fingerprint density at radius 1 is 1.26 bits per heavy atom. The molecule has 0 bridgehead atoms. The molecule has 0 saturated heterocycles.